The minimum absolute atomic E-state index is 0.0767. The Labute approximate surface area is 113 Å². The minimum Gasteiger partial charge on any atom is -0.494 e. The van der Waals surface area contributed by atoms with Crippen molar-refractivity contribution in [1.82, 2.24) is 4.57 Å². The summed E-state index contributed by atoms with van der Waals surface area (Å²) in [6, 6.07) is 6.74. The highest BCUT2D eigenvalue weighted by molar-refractivity contribution is 5.87. The second-order valence-electron chi connectivity index (χ2n) is 4.16. The van der Waals surface area contributed by atoms with Crippen LogP contribution in [0.3, 0.4) is 0 Å². The van der Waals surface area contributed by atoms with Gasteiger partial charge in [0.05, 0.1) is 19.2 Å². The van der Waals surface area contributed by atoms with Crippen LogP contribution in [-0.2, 0) is 6.54 Å². The van der Waals surface area contributed by atoms with Crippen LogP contribution in [0, 0.1) is 5.82 Å². The van der Waals surface area contributed by atoms with Gasteiger partial charge in [-0.1, -0.05) is 6.07 Å². The van der Waals surface area contributed by atoms with E-state index >= 15 is 0 Å². The summed E-state index contributed by atoms with van der Waals surface area (Å²) < 4.78 is 19.6. The molecular weight excluding hydrogens is 265 g/mol. The fourth-order valence-corrected chi connectivity index (χ4v) is 1.78. The van der Waals surface area contributed by atoms with Crippen LogP contribution in [0.25, 0.3) is 0 Å². The van der Waals surface area contributed by atoms with E-state index in [4.69, 9.17) is 9.84 Å². The summed E-state index contributed by atoms with van der Waals surface area (Å²) in [5, 5.41) is 8.77. The van der Waals surface area contributed by atoms with Crippen molar-refractivity contribution < 1.29 is 19.0 Å². The molecule has 5 nitrogen and oxygen atoms in total. The molecule has 1 heterocycles. The van der Waals surface area contributed by atoms with E-state index in [0.29, 0.717) is 5.56 Å². The Kier molecular flexibility index (Phi) is 3.84. The average molecular weight is 277 g/mol. The van der Waals surface area contributed by atoms with Crippen LogP contribution in [0.5, 0.6) is 5.75 Å². The number of aromatic nitrogens is 1. The van der Waals surface area contributed by atoms with Crippen molar-refractivity contribution in [3.63, 3.8) is 0 Å². The summed E-state index contributed by atoms with van der Waals surface area (Å²) in [4.78, 5) is 22.5. The van der Waals surface area contributed by atoms with Crippen molar-refractivity contribution in [3.8, 4) is 5.75 Å². The molecule has 0 spiro atoms. The zero-order chi connectivity index (χ0) is 14.7. The van der Waals surface area contributed by atoms with Gasteiger partial charge < -0.3 is 14.4 Å². The third-order valence-corrected chi connectivity index (χ3v) is 2.81. The van der Waals surface area contributed by atoms with Gasteiger partial charge in [-0.15, -0.1) is 0 Å². The van der Waals surface area contributed by atoms with Crippen molar-refractivity contribution in [2.45, 2.75) is 6.54 Å². The molecule has 6 heteroatoms. The Bertz CT molecular complexity index is 709. The summed E-state index contributed by atoms with van der Waals surface area (Å²) in [5.41, 5.74) is 0.0433. The maximum Gasteiger partial charge on any atom is 0.335 e. The number of rotatable bonds is 4. The van der Waals surface area contributed by atoms with Gasteiger partial charge in [0.25, 0.3) is 5.56 Å². The molecule has 0 aliphatic carbocycles. The molecule has 0 fully saturated rings. The van der Waals surface area contributed by atoms with E-state index in [-0.39, 0.29) is 17.9 Å². The lowest BCUT2D eigenvalue weighted by molar-refractivity contribution is 0.0696. The topological polar surface area (TPSA) is 68.5 Å². The van der Waals surface area contributed by atoms with Crippen molar-refractivity contribution in [2.24, 2.45) is 0 Å². The highest BCUT2D eigenvalue weighted by Crippen LogP contribution is 2.17. The summed E-state index contributed by atoms with van der Waals surface area (Å²) in [7, 11) is 1.37. The van der Waals surface area contributed by atoms with Gasteiger partial charge >= 0.3 is 5.97 Å². The average Bonchev–Trinajstić information content (AvgIpc) is 2.41. The van der Waals surface area contributed by atoms with Crippen LogP contribution in [0.15, 0.2) is 41.3 Å². The third kappa shape index (κ3) is 2.85. The van der Waals surface area contributed by atoms with Crippen LogP contribution in [0.4, 0.5) is 4.39 Å². The van der Waals surface area contributed by atoms with Crippen LogP contribution < -0.4 is 10.3 Å². The summed E-state index contributed by atoms with van der Waals surface area (Å²) in [6.07, 6.45) is 1.37. The van der Waals surface area contributed by atoms with Crippen LogP contribution in [0.2, 0.25) is 0 Å². The smallest absolute Gasteiger partial charge is 0.335 e. The van der Waals surface area contributed by atoms with E-state index in [1.165, 1.54) is 36.1 Å². The zero-order valence-electron chi connectivity index (χ0n) is 10.7. The lowest BCUT2D eigenvalue weighted by Crippen LogP contribution is -2.20. The predicted octanol–water partition coefficient (Wildman–Crippen LogP) is 1.74. The number of carboxylic acids is 1. The first-order valence-electron chi connectivity index (χ1n) is 5.77. The highest BCUT2D eigenvalue weighted by Gasteiger charge is 2.07. The monoisotopic (exact) mass is 277 g/mol. The Balaban J connectivity index is 2.28. The summed E-state index contributed by atoms with van der Waals surface area (Å²) in [5.74, 6) is -1.55. The van der Waals surface area contributed by atoms with E-state index in [2.05, 4.69) is 0 Å². The van der Waals surface area contributed by atoms with Crippen molar-refractivity contribution in [3.05, 3.63) is 63.8 Å². The van der Waals surface area contributed by atoms with Gasteiger partial charge in [0.1, 0.15) is 0 Å². The number of ether oxygens (including phenoxy) is 1. The molecule has 0 atom stereocenters. The molecule has 0 saturated carbocycles. The Morgan fingerprint density at radius 2 is 2.10 bits per heavy atom. The number of hydrogen-bond donors (Lipinski definition) is 1. The Morgan fingerprint density at radius 3 is 2.65 bits per heavy atom. The Morgan fingerprint density at radius 1 is 1.35 bits per heavy atom. The molecule has 0 unspecified atom stereocenters. The molecule has 0 aliphatic heterocycles. The van der Waals surface area contributed by atoms with Gasteiger partial charge in [-0.3, -0.25) is 4.79 Å². The maximum atomic E-state index is 13.5. The molecule has 2 aromatic rings. The molecule has 0 bridgehead atoms. The zero-order valence-corrected chi connectivity index (χ0v) is 10.7. The number of nitrogens with zero attached hydrogens (tertiary/aromatic N) is 1. The second-order valence-corrected chi connectivity index (χ2v) is 4.16. The molecule has 1 aromatic carbocycles. The number of benzene rings is 1. The molecule has 0 radical (unpaired) electrons. The molecule has 0 saturated heterocycles. The van der Waals surface area contributed by atoms with E-state index < -0.39 is 17.3 Å². The molecule has 1 N–H and O–H groups in total. The second kappa shape index (κ2) is 5.56. The van der Waals surface area contributed by atoms with Crippen LogP contribution >= 0.6 is 0 Å². The number of halogens is 1. The largest absolute Gasteiger partial charge is 0.494 e. The number of aromatic carboxylic acids is 1. The van der Waals surface area contributed by atoms with E-state index in [0.717, 1.165) is 6.07 Å². The fraction of sp³-hybridized carbons (Fsp3) is 0.143. The van der Waals surface area contributed by atoms with Crippen LogP contribution in [0.1, 0.15) is 15.9 Å². The minimum atomic E-state index is -1.16. The SMILES string of the molecule is COc1ccc(Cn2ccc(C(=O)O)cc2=O)cc1F. The normalized spacial score (nSPS) is 10.3. The Hall–Kier alpha value is -2.63. The van der Waals surface area contributed by atoms with Crippen LogP contribution in [-0.4, -0.2) is 22.8 Å². The van der Waals surface area contributed by atoms with Crippen molar-refractivity contribution >= 4 is 5.97 Å². The quantitative estimate of drug-likeness (QED) is 0.924. The number of hydrogen-bond acceptors (Lipinski definition) is 3. The van der Waals surface area contributed by atoms with Gasteiger partial charge in [-0.25, -0.2) is 9.18 Å². The molecule has 0 aliphatic rings. The number of carbonyl (C=O) groups is 1. The first-order chi connectivity index (χ1) is 9.51. The fourth-order valence-electron chi connectivity index (χ4n) is 1.78. The lowest BCUT2D eigenvalue weighted by Gasteiger charge is -2.08. The molecule has 20 heavy (non-hydrogen) atoms. The summed E-state index contributed by atoms with van der Waals surface area (Å²) >= 11 is 0. The standard InChI is InChI=1S/C14H12FNO4/c1-20-12-3-2-9(6-11(12)15)8-16-5-4-10(14(18)19)7-13(16)17/h2-7H,8H2,1H3,(H,18,19). The number of pyridine rings is 1. The maximum absolute atomic E-state index is 13.5. The van der Waals surface area contributed by atoms with Gasteiger partial charge in [0, 0.05) is 12.3 Å². The predicted molar refractivity (Wildman–Crippen MR) is 69.7 cm³/mol. The number of carboxylic acid groups (broad SMARTS) is 1. The van der Waals surface area contributed by atoms with Crippen molar-refractivity contribution in [2.75, 3.05) is 7.11 Å². The summed E-state index contributed by atoms with van der Waals surface area (Å²) in [6.45, 7) is 0.152. The number of methoxy groups -OCH3 is 1. The first kappa shape index (κ1) is 13.8. The van der Waals surface area contributed by atoms with Gasteiger partial charge in [-0.2, -0.15) is 0 Å². The van der Waals surface area contributed by atoms with Gasteiger partial charge in [-0.05, 0) is 23.8 Å². The lowest BCUT2D eigenvalue weighted by atomic mass is 10.2. The van der Waals surface area contributed by atoms with Gasteiger partial charge in [0.2, 0.25) is 0 Å². The molecule has 1 aromatic heterocycles. The highest BCUT2D eigenvalue weighted by atomic mass is 19.1. The first-order valence-corrected chi connectivity index (χ1v) is 5.77. The van der Waals surface area contributed by atoms with E-state index in [1.807, 2.05) is 0 Å². The van der Waals surface area contributed by atoms with E-state index in [9.17, 15) is 14.0 Å². The van der Waals surface area contributed by atoms with Crippen molar-refractivity contribution in [1.29, 1.82) is 0 Å². The molecule has 104 valence electrons. The third-order valence-electron chi connectivity index (χ3n) is 2.81. The molecule has 0 amide bonds. The molecule has 2 rings (SSSR count). The molecular formula is C14H12FNO4. The van der Waals surface area contributed by atoms with Gasteiger partial charge in [0.15, 0.2) is 11.6 Å². The van der Waals surface area contributed by atoms with E-state index in [1.54, 1.807) is 6.07 Å².